The van der Waals surface area contributed by atoms with Crippen LogP contribution in [0.25, 0.3) is 0 Å². The molecule has 0 heterocycles. The first-order chi connectivity index (χ1) is 8.53. The minimum Gasteiger partial charge on any atom is -0.493 e. The highest BCUT2D eigenvalue weighted by Crippen LogP contribution is 2.33. The Morgan fingerprint density at radius 2 is 1.78 bits per heavy atom. The van der Waals surface area contributed by atoms with Crippen LogP contribution in [0.1, 0.15) is 23.7 Å². The first kappa shape index (κ1) is 13.8. The van der Waals surface area contributed by atoms with Crippen LogP contribution in [0.5, 0.6) is 11.5 Å². The maximum Gasteiger partial charge on any atom is 0.337 e. The average molecular weight is 253 g/mol. The van der Waals surface area contributed by atoms with Gasteiger partial charge in [0.15, 0.2) is 11.5 Å². The van der Waals surface area contributed by atoms with Crippen molar-refractivity contribution in [1.29, 1.82) is 0 Å². The molecule has 0 bridgehead atoms. The Morgan fingerprint density at radius 3 is 2.22 bits per heavy atom. The number of carboxylic acid groups (broad SMARTS) is 1. The van der Waals surface area contributed by atoms with Gasteiger partial charge in [0, 0.05) is 18.6 Å². The number of carboxylic acids is 1. The van der Waals surface area contributed by atoms with Crippen molar-refractivity contribution < 1.29 is 24.2 Å². The molecule has 0 saturated heterocycles. The number of methoxy groups -OCH3 is 2. The zero-order valence-electron chi connectivity index (χ0n) is 10.4. The minimum absolute atomic E-state index is 0.0468. The Kier molecular flexibility index (Phi) is 4.53. The molecule has 1 aromatic carbocycles. The van der Waals surface area contributed by atoms with Crippen LogP contribution < -0.4 is 14.8 Å². The number of benzene rings is 1. The van der Waals surface area contributed by atoms with Crippen molar-refractivity contribution in [3.8, 4) is 11.5 Å². The molecule has 0 saturated carbocycles. The van der Waals surface area contributed by atoms with E-state index in [1.807, 2.05) is 0 Å². The largest absolute Gasteiger partial charge is 0.493 e. The standard InChI is InChI=1S/C12H15NO5/c1-4-11(14)13-8-6-10(18-3)9(17-2)5-7(8)12(15)16/h5-6H,4H2,1-3H3,(H,13,14)(H,15,16). The van der Waals surface area contributed by atoms with Gasteiger partial charge in [0.05, 0.1) is 25.5 Å². The van der Waals surface area contributed by atoms with Gasteiger partial charge in [-0.05, 0) is 0 Å². The molecule has 6 nitrogen and oxygen atoms in total. The smallest absolute Gasteiger partial charge is 0.337 e. The maximum atomic E-state index is 11.3. The summed E-state index contributed by atoms with van der Waals surface area (Å²) in [6.07, 6.45) is 0.257. The van der Waals surface area contributed by atoms with Crippen molar-refractivity contribution in [2.24, 2.45) is 0 Å². The SMILES string of the molecule is CCC(=O)Nc1cc(OC)c(OC)cc1C(=O)O. The molecule has 0 aromatic heterocycles. The second-order valence-electron chi connectivity index (χ2n) is 3.46. The predicted molar refractivity (Wildman–Crippen MR) is 65.4 cm³/mol. The summed E-state index contributed by atoms with van der Waals surface area (Å²) in [5.41, 5.74) is 0.140. The third-order valence-electron chi connectivity index (χ3n) is 2.35. The van der Waals surface area contributed by atoms with E-state index in [9.17, 15) is 9.59 Å². The van der Waals surface area contributed by atoms with E-state index in [4.69, 9.17) is 14.6 Å². The van der Waals surface area contributed by atoms with E-state index >= 15 is 0 Å². The molecule has 0 aliphatic rings. The Balaban J connectivity index is 3.28. The van der Waals surface area contributed by atoms with E-state index in [2.05, 4.69) is 5.32 Å². The molecule has 1 amide bonds. The van der Waals surface area contributed by atoms with Gasteiger partial charge in [-0.3, -0.25) is 4.79 Å². The van der Waals surface area contributed by atoms with Crippen molar-refractivity contribution in [3.63, 3.8) is 0 Å². The second kappa shape index (κ2) is 5.90. The van der Waals surface area contributed by atoms with Gasteiger partial charge in [-0.15, -0.1) is 0 Å². The summed E-state index contributed by atoms with van der Waals surface area (Å²) in [7, 11) is 2.84. The number of amides is 1. The first-order valence-corrected chi connectivity index (χ1v) is 5.32. The molecule has 98 valence electrons. The zero-order chi connectivity index (χ0) is 13.7. The van der Waals surface area contributed by atoms with Crippen LogP contribution in [0, 0.1) is 0 Å². The van der Waals surface area contributed by atoms with Crippen LogP contribution in [-0.2, 0) is 4.79 Å². The minimum atomic E-state index is -1.15. The van der Waals surface area contributed by atoms with Crippen LogP contribution in [0.2, 0.25) is 0 Å². The highest BCUT2D eigenvalue weighted by Gasteiger charge is 2.17. The van der Waals surface area contributed by atoms with E-state index in [1.165, 1.54) is 26.4 Å². The molecule has 0 fully saturated rings. The lowest BCUT2D eigenvalue weighted by Crippen LogP contribution is -2.13. The summed E-state index contributed by atoms with van der Waals surface area (Å²) < 4.78 is 10.1. The number of hydrogen-bond donors (Lipinski definition) is 2. The quantitative estimate of drug-likeness (QED) is 0.835. The molecule has 0 atom stereocenters. The number of anilines is 1. The van der Waals surface area contributed by atoms with E-state index in [1.54, 1.807) is 6.92 Å². The number of ether oxygens (including phenoxy) is 2. The van der Waals surface area contributed by atoms with Crippen LogP contribution in [0.4, 0.5) is 5.69 Å². The van der Waals surface area contributed by atoms with Gasteiger partial charge in [0.25, 0.3) is 0 Å². The van der Waals surface area contributed by atoms with Crippen molar-refractivity contribution in [1.82, 2.24) is 0 Å². The lowest BCUT2D eigenvalue weighted by Gasteiger charge is -2.13. The Hall–Kier alpha value is -2.24. The topological polar surface area (TPSA) is 84.9 Å². The number of aromatic carboxylic acids is 1. The number of carbonyl (C=O) groups excluding carboxylic acids is 1. The molecule has 0 aliphatic carbocycles. The lowest BCUT2D eigenvalue weighted by molar-refractivity contribution is -0.115. The van der Waals surface area contributed by atoms with Gasteiger partial charge < -0.3 is 19.9 Å². The summed E-state index contributed by atoms with van der Waals surface area (Å²) in [4.78, 5) is 22.4. The monoisotopic (exact) mass is 253 g/mol. The average Bonchev–Trinajstić information content (AvgIpc) is 2.37. The summed E-state index contributed by atoms with van der Waals surface area (Å²) in [5, 5.41) is 11.6. The fourth-order valence-corrected chi connectivity index (χ4v) is 1.40. The third-order valence-corrected chi connectivity index (χ3v) is 2.35. The summed E-state index contributed by atoms with van der Waals surface area (Å²) in [5.74, 6) is -0.773. The highest BCUT2D eigenvalue weighted by atomic mass is 16.5. The van der Waals surface area contributed by atoms with Crippen molar-refractivity contribution in [2.75, 3.05) is 19.5 Å². The van der Waals surface area contributed by atoms with Crippen LogP contribution in [0.3, 0.4) is 0 Å². The van der Waals surface area contributed by atoms with Gasteiger partial charge in [0.2, 0.25) is 5.91 Å². The van der Waals surface area contributed by atoms with Crippen LogP contribution in [-0.4, -0.2) is 31.2 Å². The molecule has 0 aliphatic heterocycles. The predicted octanol–water partition coefficient (Wildman–Crippen LogP) is 1.75. The van der Waals surface area contributed by atoms with E-state index < -0.39 is 5.97 Å². The van der Waals surface area contributed by atoms with Gasteiger partial charge in [-0.1, -0.05) is 6.92 Å². The fourth-order valence-electron chi connectivity index (χ4n) is 1.40. The fraction of sp³-hybridized carbons (Fsp3) is 0.333. The van der Waals surface area contributed by atoms with Gasteiger partial charge in [0.1, 0.15) is 0 Å². The normalized spacial score (nSPS) is 9.72. The summed E-state index contributed by atoms with van der Waals surface area (Å²) in [6.45, 7) is 1.68. The molecular weight excluding hydrogens is 238 g/mol. The van der Waals surface area contributed by atoms with Gasteiger partial charge in [-0.25, -0.2) is 4.79 Å². The van der Waals surface area contributed by atoms with Crippen molar-refractivity contribution in [3.05, 3.63) is 17.7 Å². The van der Waals surface area contributed by atoms with E-state index in [0.29, 0.717) is 11.5 Å². The molecule has 2 N–H and O–H groups in total. The zero-order valence-corrected chi connectivity index (χ0v) is 10.4. The van der Waals surface area contributed by atoms with Crippen molar-refractivity contribution in [2.45, 2.75) is 13.3 Å². The third kappa shape index (κ3) is 2.91. The number of carbonyl (C=O) groups is 2. The Morgan fingerprint density at radius 1 is 1.22 bits per heavy atom. The molecule has 0 radical (unpaired) electrons. The number of rotatable bonds is 5. The van der Waals surface area contributed by atoms with E-state index in [-0.39, 0.29) is 23.6 Å². The van der Waals surface area contributed by atoms with Crippen LogP contribution in [0.15, 0.2) is 12.1 Å². The number of hydrogen-bond acceptors (Lipinski definition) is 4. The van der Waals surface area contributed by atoms with Crippen molar-refractivity contribution >= 4 is 17.6 Å². The molecule has 1 aromatic rings. The Labute approximate surface area is 105 Å². The second-order valence-corrected chi connectivity index (χ2v) is 3.46. The molecule has 18 heavy (non-hydrogen) atoms. The maximum absolute atomic E-state index is 11.3. The van der Waals surface area contributed by atoms with E-state index in [0.717, 1.165) is 0 Å². The number of nitrogens with one attached hydrogen (secondary N) is 1. The Bertz CT molecular complexity index is 470. The molecule has 0 unspecified atom stereocenters. The van der Waals surface area contributed by atoms with Crippen LogP contribution >= 0.6 is 0 Å². The highest BCUT2D eigenvalue weighted by molar-refractivity contribution is 6.01. The summed E-state index contributed by atoms with van der Waals surface area (Å²) in [6, 6.07) is 2.74. The first-order valence-electron chi connectivity index (χ1n) is 5.32. The molecule has 6 heteroatoms. The molecular formula is C12H15NO5. The van der Waals surface area contributed by atoms with Gasteiger partial charge >= 0.3 is 5.97 Å². The van der Waals surface area contributed by atoms with Gasteiger partial charge in [-0.2, -0.15) is 0 Å². The lowest BCUT2D eigenvalue weighted by atomic mass is 10.1. The molecule has 1 rings (SSSR count). The summed E-state index contributed by atoms with van der Waals surface area (Å²) >= 11 is 0. The molecule has 0 spiro atoms.